The van der Waals surface area contributed by atoms with E-state index < -0.39 is 0 Å². The van der Waals surface area contributed by atoms with E-state index in [0.29, 0.717) is 19.8 Å². The molecule has 1 aromatic heterocycles. The molecule has 0 bridgehead atoms. The maximum atomic E-state index is 13.9. The Hall–Kier alpha value is -2.08. The second-order valence-electron chi connectivity index (χ2n) is 5.54. The van der Waals surface area contributed by atoms with E-state index in [2.05, 4.69) is 20.2 Å². The van der Waals surface area contributed by atoms with Crippen LogP contribution in [0.2, 0.25) is 0 Å². The third-order valence-electron chi connectivity index (χ3n) is 3.90. The Balaban J connectivity index is 1.71. The molecule has 118 valence electrons. The molecule has 1 aliphatic heterocycles. The largest absolute Gasteiger partial charge is 0.378 e. The summed E-state index contributed by atoms with van der Waals surface area (Å²) >= 11 is 0. The zero-order chi connectivity index (χ0) is 15.5. The lowest BCUT2D eigenvalue weighted by molar-refractivity contribution is 0.122. The van der Waals surface area contributed by atoms with Gasteiger partial charge in [0.25, 0.3) is 0 Å². The zero-order valence-corrected chi connectivity index (χ0v) is 12.9. The fraction of sp³-hybridized carbons (Fsp3) is 0.438. The lowest BCUT2D eigenvalue weighted by Gasteiger charge is -2.29. The summed E-state index contributed by atoms with van der Waals surface area (Å²) in [6.07, 6.45) is 0. The molecule has 1 aromatic carbocycles. The highest BCUT2D eigenvalue weighted by atomic mass is 19.1. The van der Waals surface area contributed by atoms with Gasteiger partial charge in [0.05, 0.1) is 25.5 Å². The fourth-order valence-electron chi connectivity index (χ4n) is 2.57. The number of ether oxygens (including phenoxy) is 1. The molecular weight excluding hydrogens is 283 g/mol. The molecule has 0 atom stereocenters. The minimum Gasteiger partial charge on any atom is -0.378 e. The molecule has 5 nitrogen and oxygen atoms in total. The van der Waals surface area contributed by atoms with Crippen LogP contribution in [0.4, 0.5) is 15.8 Å². The maximum Gasteiger partial charge on any atom is 0.127 e. The van der Waals surface area contributed by atoms with Crippen LogP contribution < -0.4 is 10.2 Å². The van der Waals surface area contributed by atoms with Gasteiger partial charge in [0.15, 0.2) is 0 Å². The SMILES string of the molecule is Cc1nc(CNc2cc(F)cc(N3CCOCC3)c2)[nH]c1C. The molecule has 0 amide bonds. The smallest absolute Gasteiger partial charge is 0.127 e. The van der Waals surface area contributed by atoms with Crippen molar-refractivity contribution < 1.29 is 9.13 Å². The number of hydrogen-bond acceptors (Lipinski definition) is 4. The van der Waals surface area contributed by atoms with E-state index in [1.54, 1.807) is 6.07 Å². The van der Waals surface area contributed by atoms with Crippen molar-refractivity contribution in [1.82, 2.24) is 9.97 Å². The number of H-pyrrole nitrogens is 1. The Kier molecular flexibility index (Phi) is 4.29. The number of imidazole rings is 1. The van der Waals surface area contributed by atoms with Crippen molar-refractivity contribution in [3.63, 3.8) is 0 Å². The number of rotatable bonds is 4. The van der Waals surface area contributed by atoms with E-state index in [1.807, 2.05) is 19.9 Å². The minimum absolute atomic E-state index is 0.238. The average Bonchev–Trinajstić information content (AvgIpc) is 2.84. The molecule has 3 rings (SSSR count). The lowest BCUT2D eigenvalue weighted by Crippen LogP contribution is -2.36. The van der Waals surface area contributed by atoms with Crippen LogP contribution in [0.15, 0.2) is 18.2 Å². The number of aromatic nitrogens is 2. The Morgan fingerprint density at radius 3 is 2.73 bits per heavy atom. The zero-order valence-electron chi connectivity index (χ0n) is 12.9. The number of morpholine rings is 1. The molecule has 1 fully saturated rings. The lowest BCUT2D eigenvalue weighted by atomic mass is 10.2. The number of halogens is 1. The van der Waals surface area contributed by atoms with Gasteiger partial charge >= 0.3 is 0 Å². The highest BCUT2D eigenvalue weighted by Crippen LogP contribution is 2.23. The van der Waals surface area contributed by atoms with Crippen molar-refractivity contribution in [2.45, 2.75) is 20.4 Å². The third kappa shape index (κ3) is 3.39. The Morgan fingerprint density at radius 2 is 2.05 bits per heavy atom. The highest BCUT2D eigenvalue weighted by Gasteiger charge is 2.13. The molecule has 0 spiro atoms. The summed E-state index contributed by atoms with van der Waals surface area (Å²) in [6, 6.07) is 5.04. The standard InChI is InChI=1S/C16H21FN4O/c1-11-12(2)20-16(19-11)10-18-14-7-13(17)8-15(9-14)21-3-5-22-6-4-21/h7-9,18H,3-6,10H2,1-2H3,(H,19,20). The average molecular weight is 304 g/mol. The van der Waals surface area contributed by atoms with Crippen LogP contribution >= 0.6 is 0 Å². The minimum atomic E-state index is -0.238. The van der Waals surface area contributed by atoms with Crippen molar-refractivity contribution in [1.29, 1.82) is 0 Å². The summed E-state index contributed by atoms with van der Waals surface area (Å²) in [7, 11) is 0. The normalized spacial score (nSPS) is 15.1. The molecule has 0 saturated carbocycles. The molecule has 2 heterocycles. The van der Waals surface area contributed by atoms with Gasteiger partial charge in [-0.2, -0.15) is 0 Å². The van der Waals surface area contributed by atoms with E-state index >= 15 is 0 Å². The molecule has 22 heavy (non-hydrogen) atoms. The first kappa shape index (κ1) is 14.8. The van der Waals surface area contributed by atoms with E-state index in [-0.39, 0.29) is 5.82 Å². The Bertz CT molecular complexity index is 630. The predicted octanol–water partition coefficient (Wildman–Crippen LogP) is 2.61. The van der Waals surface area contributed by atoms with Crippen LogP contribution in [0.25, 0.3) is 0 Å². The number of anilines is 2. The van der Waals surface area contributed by atoms with Crippen molar-refractivity contribution >= 4 is 11.4 Å². The van der Waals surface area contributed by atoms with Crippen LogP contribution in [-0.2, 0) is 11.3 Å². The first-order chi connectivity index (χ1) is 10.6. The number of aromatic amines is 1. The number of nitrogens with one attached hydrogen (secondary N) is 2. The van der Waals surface area contributed by atoms with Gasteiger partial charge in [0.2, 0.25) is 0 Å². The van der Waals surface area contributed by atoms with E-state index in [0.717, 1.165) is 41.7 Å². The summed E-state index contributed by atoms with van der Waals surface area (Å²) in [5, 5.41) is 3.23. The predicted molar refractivity (Wildman–Crippen MR) is 84.8 cm³/mol. The van der Waals surface area contributed by atoms with Gasteiger partial charge in [-0.25, -0.2) is 9.37 Å². The van der Waals surface area contributed by atoms with Crippen molar-refractivity contribution in [2.24, 2.45) is 0 Å². The number of hydrogen-bond donors (Lipinski definition) is 2. The van der Waals surface area contributed by atoms with Crippen molar-refractivity contribution in [3.8, 4) is 0 Å². The molecule has 0 aliphatic carbocycles. The highest BCUT2D eigenvalue weighted by molar-refractivity contribution is 5.58. The van der Waals surface area contributed by atoms with Gasteiger partial charge < -0.3 is 19.9 Å². The third-order valence-corrected chi connectivity index (χ3v) is 3.90. The fourth-order valence-corrected chi connectivity index (χ4v) is 2.57. The maximum absolute atomic E-state index is 13.9. The van der Waals surface area contributed by atoms with Gasteiger partial charge in [0.1, 0.15) is 11.6 Å². The number of aryl methyl sites for hydroxylation is 2. The molecule has 2 aromatic rings. The second-order valence-corrected chi connectivity index (χ2v) is 5.54. The first-order valence-corrected chi connectivity index (χ1v) is 7.51. The summed E-state index contributed by atoms with van der Waals surface area (Å²) in [5.74, 6) is 0.616. The Morgan fingerprint density at radius 1 is 1.27 bits per heavy atom. The Labute approximate surface area is 129 Å². The van der Waals surface area contributed by atoms with Gasteiger partial charge in [-0.05, 0) is 32.0 Å². The molecule has 2 N–H and O–H groups in total. The quantitative estimate of drug-likeness (QED) is 0.912. The first-order valence-electron chi connectivity index (χ1n) is 7.51. The van der Waals surface area contributed by atoms with E-state index in [9.17, 15) is 4.39 Å². The van der Waals surface area contributed by atoms with E-state index in [4.69, 9.17) is 4.74 Å². The molecule has 0 unspecified atom stereocenters. The van der Waals surface area contributed by atoms with Crippen LogP contribution in [0, 0.1) is 19.7 Å². The summed E-state index contributed by atoms with van der Waals surface area (Å²) < 4.78 is 19.2. The molecule has 0 radical (unpaired) electrons. The van der Waals surface area contributed by atoms with E-state index in [1.165, 1.54) is 6.07 Å². The summed E-state index contributed by atoms with van der Waals surface area (Å²) in [4.78, 5) is 9.77. The van der Waals surface area contributed by atoms with Gasteiger partial charge in [0, 0.05) is 30.2 Å². The summed E-state index contributed by atoms with van der Waals surface area (Å²) in [6.45, 7) is 7.45. The monoisotopic (exact) mass is 304 g/mol. The molecule has 1 saturated heterocycles. The van der Waals surface area contributed by atoms with Gasteiger partial charge in [-0.1, -0.05) is 0 Å². The second kappa shape index (κ2) is 6.36. The van der Waals surface area contributed by atoms with Gasteiger partial charge in [-0.3, -0.25) is 0 Å². The van der Waals surface area contributed by atoms with Crippen LogP contribution in [-0.4, -0.2) is 36.3 Å². The van der Waals surface area contributed by atoms with Crippen molar-refractivity contribution in [3.05, 3.63) is 41.2 Å². The number of nitrogens with zero attached hydrogens (tertiary/aromatic N) is 2. The number of benzene rings is 1. The van der Waals surface area contributed by atoms with Crippen molar-refractivity contribution in [2.75, 3.05) is 36.5 Å². The van der Waals surface area contributed by atoms with Crippen LogP contribution in [0.3, 0.4) is 0 Å². The van der Waals surface area contributed by atoms with Crippen LogP contribution in [0.5, 0.6) is 0 Å². The van der Waals surface area contributed by atoms with Crippen LogP contribution in [0.1, 0.15) is 17.2 Å². The molecule has 6 heteroatoms. The molecule has 1 aliphatic rings. The molecular formula is C16H21FN4O. The van der Waals surface area contributed by atoms with Gasteiger partial charge in [-0.15, -0.1) is 0 Å². The summed E-state index contributed by atoms with van der Waals surface area (Å²) in [5.41, 5.74) is 3.70. The topological polar surface area (TPSA) is 53.2 Å².